The van der Waals surface area contributed by atoms with E-state index < -0.39 is 0 Å². The maximum atomic E-state index is 12.4. The second kappa shape index (κ2) is 6.96. The zero-order chi connectivity index (χ0) is 16.4. The third-order valence-electron chi connectivity index (χ3n) is 5.88. The fourth-order valence-electron chi connectivity index (χ4n) is 4.35. The number of carbonyl (C=O) groups is 1. The summed E-state index contributed by atoms with van der Waals surface area (Å²) in [5.74, 6) is 2.72. The van der Waals surface area contributed by atoms with E-state index >= 15 is 0 Å². The number of amides is 1. The van der Waals surface area contributed by atoms with E-state index in [0.29, 0.717) is 11.8 Å². The van der Waals surface area contributed by atoms with Crippen LogP contribution in [-0.4, -0.2) is 33.9 Å². The van der Waals surface area contributed by atoms with Crippen LogP contribution in [0.15, 0.2) is 24.3 Å². The SMILES string of the molecule is O=C(CCC1CCCC1)N1CCC(c2nc3ccccc3[nH]2)CC1. The van der Waals surface area contributed by atoms with Crippen molar-refractivity contribution in [3.8, 4) is 0 Å². The van der Waals surface area contributed by atoms with Gasteiger partial charge in [-0.3, -0.25) is 4.79 Å². The van der Waals surface area contributed by atoms with Crippen LogP contribution >= 0.6 is 0 Å². The molecule has 1 N–H and O–H groups in total. The van der Waals surface area contributed by atoms with Gasteiger partial charge in [0.05, 0.1) is 11.0 Å². The molecule has 2 aromatic rings. The van der Waals surface area contributed by atoms with Gasteiger partial charge in [0.1, 0.15) is 5.82 Å². The van der Waals surface area contributed by atoms with Crippen LogP contribution < -0.4 is 0 Å². The Morgan fingerprint density at radius 2 is 1.88 bits per heavy atom. The maximum absolute atomic E-state index is 12.4. The second-order valence-electron chi connectivity index (χ2n) is 7.48. The summed E-state index contributed by atoms with van der Waals surface area (Å²) in [5.41, 5.74) is 2.16. The molecule has 1 amide bonds. The fourth-order valence-corrected chi connectivity index (χ4v) is 4.35. The highest BCUT2D eigenvalue weighted by Crippen LogP contribution is 2.30. The second-order valence-corrected chi connectivity index (χ2v) is 7.48. The number of hydrogen-bond acceptors (Lipinski definition) is 2. The molecule has 1 saturated carbocycles. The summed E-state index contributed by atoms with van der Waals surface area (Å²) in [6, 6.07) is 8.19. The first-order valence-corrected chi connectivity index (χ1v) is 9.52. The van der Waals surface area contributed by atoms with E-state index in [1.54, 1.807) is 0 Å². The molecule has 1 aliphatic carbocycles. The van der Waals surface area contributed by atoms with Gasteiger partial charge < -0.3 is 9.88 Å². The van der Waals surface area contributed by atoms with Crippen molar-refractivity contribution in [2.45, 2.75) is 57.3 Å². The predicted molar refractivity (Wildman–Crippen MR) is 95.8 cm³/mol. The quantitative estimate of drug-likeness (QED) is 0.914. The maximum Gasteiger partial charge on any atom is 0.222 e. The van der Waals surface area contributed by atoms with Gasteiger partial charge in [-0.1, -0.05) is 37.8 Å². The average molecular weight is 325 g/mol. The third kappa shape index (κ3) is 3.33. The Bertz CT molecular complexity index is 661. The molecule has 1 aromatic heterocycles. The van der Waals surface area contributed by atoms with Gasteiger partial charge >= 0.3 is 0 Å². The summed E-state index contributed by atoms with van der Waals surface area (Å²) in [6.07, 6.45) is 9.29. The van der Waals surface area contributed by atoms with Crippen molar-refractivity contribution in [3.63, 3.8) is 0 Å². The van der Waals surface area contributed by atoms with E-state index in [-0.39, 0.29) is 0 Å². The summed E-state index contributed by atoms with van der Waals surface area (Å²) in [5, 5.41) is 0. The number of para-hydroxylation sites is 2. The van der Waals surface area contributed by atoms with Gasteiger partial charge in [0.25, 0.3) is 0 Å². The van der Waals surface area contributed by atoms with Gasteiger partial charge in [0, 0.05) is 25.4 Å². The topological polar surface area (TPSA) is 49.0 Å². The van der Waals surface area contributed by atoms with E-state index in [0.717, 1.165) is 61.5 Å². The van der Waals surface area contributed by atoms with Crippen LogP contribution in [0.3, 0.4) is 0 Å². The smallest absolute Gasteiger partial charge is 0.222 e. The molecule has 1 aromatic carbocycles. The van der Waals surface area contributed by atoms with Crippen LogP contribution in [0.5, 0.6) is 0 Å². The first-order valence-electron chi connectivity index (χ1n) is 9.52. The number of aromatic nitrogens is 2. The number of hydrogen-bond donors (Lipinski definition) is 1. The lowest BCUT2D eigenvalue weighted by atomic mass is 9.95. The lowest BCUT2D eigenvalue weighted by molar-refractivity contribution is -0.132. The lowest BCUT2D eigenvalue weighted by Crippen LogP contribution is -2.38. The minimum Gasteiger partial charge on any atom is -0.343 e. The Balaban J connectivity index is 1.30. The molecule has 0 spiro atoms. The largest absolute Gasteiger partial charge is 0.343 e. The van der Waals surface area contributed by atoms with Gasteiger partial charge in [-0.25, -0.2) is 4.98 Å². The molecule has 0 radical (unpaired) electrons. The molecule has 24 heavy (non-hydrogen) atoms. The van der Waals surface area contributed by atoms with Crippen molar-refractivity contribution in [1.82, 2.24) is 14.9 Å². The average Bonchev–Trinajstić information content (AvgIpc) is 3.29. The number of piperidine rings is 1. The molecule has 0 atom stereocenters. The highest BCUT2D eigenvalue weighted by atomic mass is 16.2. The zero-order valence-electron chi connectivity index (χ0n) is 14.3. The molecule has 1 saturated heterocycles. The first kappa shape index (κ1) is 15.7. The predicted octanol–water partition coefficient (Wildman–Crippen LogP) is 4.24. The Hall–Kier alpha value is -1.84. The lowest BCUT2D eigenvalue weighted by Gasteiger charge is -2.31. The standard InChI is InChI=1S/C20H27N3O/c24-19(10-9-15-5-1-2-6-15)23-13-11-16(12-14-23)20-21-17-7-3-4-8-18(17)22-20/h3-4,7-8,15-16H,1-2,5-6,9-14H2,(H,21,22). The van der Waals surface area contributed by atoms with Gasteiger partial charge in [-0.2, -0.15) is 0 Å². The molecule has 0 bridgehead atoms. The number of nitrogens with zero attached hydrogens (tertiary/aromatic N) is 2. The minimum absolute atomic E-state index is 0.366. The molecule has 128 valence electrons. The Morgan fingerprint density at radius 3 is 2.62 bits per heavy atom. The van der Waals surface area contributed by atoms with Gasteiger partial charge in [-0.15, -0.1) is 0 Å². The van der Waals surface area contributed by atoms with Crippen LogP contribution in [0.2, 0.25) is 0 Å². The normalized spacial score (nSPS) is 20.1. The molecular formula is C20H27N3O. The molecule has 2 aliphatic rings. The molecule has 0 unspecified atom stereocenters. The number of rotatable bonds is 4. The van der Waals surface area contributed by atoms with Crippen LogP contribution in [-0.2, 0) is 4.79 Å². The highest BCUT2D eigenvalue weighted by molar-refractivity contribution is 5.76. The molecular weight excluding hydrogens is 298 g/mol. The van der Waals surface area contributed by atoms with Crippen LogP contribution in [0, 0.1) is 5.92 Å². The summed E-state index contributed by atoms with van der Waals surface area (Å²) < 4.78 is 0. The molecule has 4 rings (SSSR count). The minimum atomic E-state index is 0.366. The van der Waals surface area contributed by atoms with Crippen LogP contribution in [0.1, 0.15) is 63.1 Å². The van der Waals surface area contributed by atoms with Crippen molar-refractivity contribution >= 4 is 16.9 Å². The monoisotopic (exact) mass is 325 g/mol. The molecule has 4 nitrogen and oxygen atoms in total. The molecule has 2 fully saturated rings. The molecule has 1 aliphatic heterocycles. The first-order chi connectivity index (χ1) is 11.8. The van der Waals surface area contributed by atoms with Crippen molar-refractivity contribution < 1.29 is 4.79 Å². The number of likely N-dealkylation sites (tertiary alicyclic amines) is 1. The van der Waals surface area contributed by atoms with Crippen molar-refractivity contribution in [2.24, 2.45) is 5.92 Å². The van der Waals surface area contributed by atoms with E-state index in [2.05, 4.69) is 22.0 Å². The summed E-state index contributed by atoms with van der Waals surface area (Å²) in [6.45, 7) is 1.76. The number of nitrogens with one attached hydrogen (secondary N) is 1. The van der Waals surface area contributed by atoms with Gasteiger partial charge in [-0.05, 0) is 37.3 Å². The molecule has 4 heteroatoms. The van der Waals surface area contributed by atoms with Gasteiger partial charge in [0.15, 0.2) is 0 Å². The summed E-state index contributed by atoms with van der Waals surface area (Å²) >= 11 is 0. The Kier molecular flexibility index (Phi) is 4.54. The Morgan fingerprint density at radius 1 is 1.12 bits per heavy atom. The van der Waals surface area contributed by atoms with Crippen LogP contribution in [0.4, 0.5) is 0 Å². The van der Waals surface area contributed by atoms with E-state index in [1.165, 1.54) is 25.7 Å². The number of fused-ring (bicyclic) bond motifs is 1. The van der Waals surface area contributed by atoms with Crippen molar-refractivity contribution in [2.75, 3.05) is 13.1 Å². The number of benzene rings is 1. The van der Waals surface area contributed by atoms with E-state index in [9.17, 15) is 4.79 Å². The fraction of sp³-hybridized carbons (Fsp3) is 0.600. The number of aromatic amines is 1. The number of imidazole rings is 1. The molecule has 2 heterocycles. The Labute approximate surface area is 143 Å². The van der Waals surface area contributed by atoms with Crippen molar-refractivity contribution in [1.29, 1.82) is 0 Å². The van der Waals surface area contributed by atoms with E-state index in [4.69, 9.17) is 4.98 Å². The van der Waals surface area contributed by atoms with Gasteiger partial charge in [0.2, 0.25) is 5.91 Å². The van der Waals surface area contributed by atoms with Crippen LogP contribution in [0.25, 0.3) is 11.0 Å². The summed E-state index contributed by atoms with van der Waals surface area (Å²) in [7, 11) is 0. The highest BCUT2D eigenvalue weighted by Gasteiger charge is 2.26. The number of H-pyrrole nitrogens is 1. The number of carbonyl (C=O) groups excluding carboxylic acids is 1. The third-order valence-corrected chi connectivity index (χ3v) is 5.88. The van der Waals surface area contributed by atoms with E-state index in [1.807, 2.05) is 12.1 Å². The zero-order valence-corrected chi connectivity index (χ0v) is 14.3. The summed E-state index contributed by atoms with van der Waals surface area (Å²) in [4.78, 5) is 22.7. The van der Waals surface area contributed by atoms with Crippen molar-refractivity contribution in [3.05, 3.63) is 30.1 Å².